The Kier molecular flexibility index (Phi) is 6.04. The topological polar surface area (TPSA) is 47.6 Å². The highest BCUT2D eigenvalue weighted by Gasteiger charge is 2.09. The normalized spacial score (nSPS) is 10.7. The highest BCUT2D eigenvalue weighted by molar-refractivity contribution is 9.10. The number of rotatable bonds is 5. The van der Waals surface area contributed by atoms with Crippen LogP contribution in [0.3, 0.4) is 0 Å². The van der Waals surface area contributed by atoms with Crippen molar-refractivity contribution in [1.29, 1.82) is 0 Å². The van der Waals surface area contributed by atoms with Crippen LogP contribution in [0.2, 0.25) is 0 Å². The first-order valence-corrected chi connectivity index (χ1v) is 8.21. The molecule has 0 aromatic heterocycles. The molecule has 0 radical (unpaired) electrons. The number of halogens is 1. The Hall–Kier alpha value is -2.27. The molecule has 0 aliphatic rings. The number of ether oxygens (including phenoxy) is 2. The molecule has 0 fully saturated rings. The van der Waals surface area contributed by atoms with Gasteiger partial charge in [-0.05, 0) is 70.7 Å². The Morgan fingerprint density at radius 3 is 2.54 bits per heavy atom. The van der Waals surface area contributed by atoms with E-state index >= 15 is 0 Å². The first-order chi connectivity index (χ1) is 11.4. The number of aryl methyl sites for hydroxylation is 2. The molecular weight excluding hydrogens is 370 g/mol. The molecule has 1 N–H and O–H groups in total. The van der Waals surface area contributed by atoms with Crippen LogP contribution in [0.25, 0.3) is 6.08 Å². The van der Waals surface area contributed by atoms with E-state index in [1.54, 1.807) is 20.3 Å². The lowest BCUT2D eigenvalue weighted by Gasteiger charge is -2.10. The number of carbonyl (C=O) groups excluding carboxylic acids is 1. The highest BCUT2D eigenvalue weighted by atomic mass is 79.9. The Labute approximate surface area is 150 Å². The summed E-state index contributed by atoms with van der Waals surface area (Å²) >= 11 is 3.44. The van der Waals surface area contributed by atoms with Gasteiger partial charge in [-0.1, -0.05) is 12.1 Å². The summed E-state index contributed by atoms with van der Waals surface area (Å²) in [6, 6.07) is 9.63. The first-order valence-electron chi connectivity index (χ1n) is 7.42. The van der Waals surface area contributed by atoms with E-state index in [1.807, 2.05) is 44.2 Å². The number of amides is 1. The van der Waals surface area contributed by atoms with Gasteiger partial charge in [-0.15, -0.1) is 0 Å². The molecule has 0 atom stereocenters. The molecule has 0 unspecified atom stereocenters. The summed E-state index contributed by atoms with van der Waals surface area (Å²) in [6.45, 7) is 3.95. The van der Waals surface area contributed by atoms with E-state index in [0.717, 1.165) is 26.9 Å². The van der Waals surface area contributed by atoms with Gasteiger partial charge in [-0.2, -0.15) is 0 Å². The van der Waals surface area contributed by atoms with E-state index < -0.39 is 0 Å². The second-order valence-electron chi connectivity index (χ2n) is 5.38. The minimum absolute atomic E-state index is 0.186. The van der Waals surface area contributed by atoms with Crippen LogP contribution in [0.4, 0.5) is 5.69 Å². The van der Waals surface area contributed by atoms with E-state index in [-0.39, 0.29) is 5.91 Å². The monoisotopic (exact) mass is 389 g/mol. The number of anilines is 1. The van der Waals surface area contributed by atoms with Crippen molar-refractivity contribution < 1.29 is 14.3 Å². The fourth-order valence-corrected chi connectivity index (χ4v) is 2.87. The second kappa shape index (κ2) is 8.02. The molecule has 0 saturated carbocycles. The van der Waals surface area contributed by atoms with Crippen molar-refractivity contribution in [2.24, 2.45) is 0 Å². The van der Waals surface area contributed by atoms with Crippen LogP contribution in [-0.4, -0.2) is 20.1 Å². The summed E-state index contributed by atoms with van der Waals surface area (Å²) in [4.78, 5) is 12.1. The van der Waals surface area contributed by atoms with E-state index in [4.69, 9.17) is 9.47 Å². The second-order valence-corrected chi connectivity index (χ2v) is 6.23. The van der Waals surface area contributed by atoms with E-state index in [2.05, 4.69) is 21.2 Å². The Morgan fingerprint density at radius 1 is 1.12 bits per heavy atom. The maximum Gasteiger partial charge on any atom is 0.248 e. The Balaban J connectivity index is 2.17. The Morgan fingerprint density at radius 2 is 1.88 bits per heavy atom. The maximum atomic E-state index is 12.1. The van der Waals surface area contributed by atoms with Crippen LogP contribution in [0.1, 0.15) is 16.7 Å². The van der Waals surface area contributed by atoms with Crippen LogP contribution in [0.15, 0.2) is 40.9 Å². The van der Waals surface area contributed by atoms with Crippen molar-refractivity contribution >= 4 is 33.6 Å². The van der Waals surface area contributed by atoms with Crippen LogP contribution in [-0.2, 0) is 4.79 Å². The first kappa shape index (κ1) is 18.1. The number of methoxy groups -OCH3 is 2. The average molecular weight is 390 g/mol. The van der Waals surface area contributed by atoms with Crippen LogP contribution < -0.4 is 14.8 Å². The summed E-state index contributed by atoms with van der Waals surface area (Å²) in [5, 5.41) is 2.89. The van der Waals surface area contributed by atoms with Crippen molar-refractivity contribution in [3.63, 3.8) is 0 Å². The predicted octanol–water partition coefficient (Wildman–Crippen LogP) is 4.74. The van der Waals surface area contributed by atoms with Crippen LogP contribution >= 0.6 is 15.9 Å². The SMILES string of the molecule is COc1cc(C=CC(=O)Nc2cc(C)ccc2C)cc(Br)c1OC. The smallest absolute Gasteiger partial charge is 0.248 e. The lowest BCUT2D eigenvalue weighted by Crippen LogP contribution is -2.09. The van der Waals surface area contributed by atoms with Gasteiger partial charge in [-0.3, -0.25) is 4.79 Å². The van der Waals surface area contributed by atoms with Crippen LogP contribution in [0.5, 0.6) is 11.5 Å². The molecule has 0 aliphatic carbocycles. The van der Waals surface area contributed by atoms with Crippen molar-refractivity contribution in [3.8, 4) is 11.5 Å². The van der Waals surface area contributed by atoms with Gasteiger partial charge in [0.2, 0.25) is 5.91 Å². The van der Waals surface area contributed by atoms with Crippen molar-refractivity contribution in [2.75, 3.05) is 19.5 Å². The third-order valence-corrected chi connectivity index (χ3v) is 4.12. The summed E-state index contributed by atoms with van der Waals surface area (Å²) < 4.78 is 11.3. The quantitative estimate of drug-likeness (QED) is 0.751. The summed E-state index contributed by atoms with van der Waals surface area (Å²) in [5.74, 6) is 1.03. The molecule has 2 aromatic carbocycles. The third kappa shape index (κ3) is 4.38. The van der Waals surface area contributed by atoms with E-state index in [1.165, 1.54) is 6.08 Å². The largest absolute Gasteiger partial charge is 0.493 e. The highest BCUT2D eigenvalue weighted by Crippen LogP contribution is 2.36. The number of carbonyl (C=O) groups is 1. The fraction of sp³-hybridized carbons (Fsp3) is 0.211. The van der Waals surface area contributed by atoms with Crippen molar-refractivity contribution in [1.82, 2.24) is 0 Å². The lowest BCUT2D eigenvalue weighted by molar-refractivity contribution is -0.111. The number of hydrogen-bond donors (Lipinski definition) is 1. The third-order valence-electron chi connectivity index (χ3n) is 3.53. The molecule has 0 heterocycles. The minimum Gasteiger partial charge on any atom is -0.493 e. The average Bonchev–Trinajstić information content (AvgIpc) is 2.55. The van der Waals surface area contributed by atoms with Crippen molar-refractivity contribution in [3.05, 3.63) is 57.6 Å². The molecule has 5 heteroatoms. The molecule has 0 spiro atoms. The molecular formula is C19H20BrNO3. The maximum absolute atomic E-state index is 12.1. The Bertz CT molecular complexity index is 784. The predicted molar refractivity (Wildman–Crippen MR) is 101 cm³/mol. The molecule has 4 nitrogen and oxygen atoms in total. The van der Waals surface area contributed by atoms with Crippen molar-refractivity contribution in [2.45, 2.75) is 13.8 Å². The molecule has 0 bridgehead atoms. The zero-order chi connectivity index (χ0) is 17.7. The zero-order valence-electron chi connectivity index (χ0n) is 14.1. The van der Waals surface area contributed by atoms with Gasteiger partial charge in [0, 0.05) is 11.8 Å². The molecule has 2 aromatic rings. The standard InChI is InChI=1S/C19H20BrNO3/c1-12-5-6-13(2)16(9-12)21-18(22)8-7-14-10-15(20)19(24-4)17(11-14)23-3/h5-11H,1-4H3,(H,21,22). The number of hydrogen-bond acceptors (Lipinski definition) is 3. The summed E-state index contributed by atoms with van der Waals surface area (Å²) in [6.07, 6.45) is 3.22. The molecule has 0 saturated heterocycles. The van der Waals surface area contributed by atoms with Gasteiger partial charge in [-0.25, -0.2) is 0 Å². The fourth-order valence-electron chi connectivity index (χ4n) is 2.25. The summed E-state index contributed by atoms with van der Waals surface area (Å²) in [7, 11) is 3.15. The van der Waals surface area contributed by atoms with Crippen LogP contribution in [0, 0.1) is 13.8 Å². The van der Waals surface area contributed by atoms with E-state index in [9.17, 15) is 4.79 Å². The minimum atomic E-state index is -0.186. The molecule has 1 amide bonds. The number of nitrogens with one attached hydrogen (secondary N) is 1. The zero-order valence-corrected chi connectivity index (χ0v) is 15.7. The van der Waals surface area contributed by atoms with Gasteiger partial charge in [0.1, 0.15) is 0 Å². The van der Waals surface area contributed by atoms with Gasteiger partial charge in [0.25, 0.3) is 0 Å². The summed E-state index contributed by atoms with van der Waals surface area (Å²) in [5.41, 5.74) is 3.77. The number of benzene rings is 2. The lowest BCUT2D eigenvalue weighted by atomic mass is 10.1. The van der Waals surface area contributed by atoms with Gasteiger partial charge in [0.05, 0.1) is 18.7 Å². The molecule has 126 valence electrons. The molecule has 2 rings (SSSR count). The molecule has 24 heavy (non-hydrogen) atoms. The van der Waals surface area contributed by atoms with Gasteiger partial charge >= 0.3 is 0 Å². The van der Waals surface area contributed by atoms with Gasteiger partial charge < -0.3 is 14.8 Å². The van der Waals surface area contributed by atoms with E-state index in [0.29, 0.717) is 11.5 Å². The van der Waals surface area contributed by atoms with Gasteiger partial charge in [0.15, 0.2) is 11.5 Å². The molecule has 0 aliphatic heterocycles.